The van der Waals surface area contributed by atoms with E-state index >= 15 is 0 Å². The molecule has 186 valence electrons. The number of carbonyl (C=O) groups excluding carboxylic acids is 1. The summed E-state index contributed by atoms with van der Waals surface area (Å²) in [7, 11) is -3.59. The molecule has 1 saturated heterocycles. The van der Waals surface area contributed by atoms with Gasteiger partial charge in [-0.2, -0.15) is 4.31 Å². The minimum atomic E-state index is -3.59. The van der Waals surface area contributed by atoms with E-state index in [1.165, 1.54) is 4.31 Å². The molecule has 0 bridgehead atoms. The van der Waals surface area contributed by atoms with Gasteiger partial charge in [0, 0.05) is 24.6 Å². The van der Waals surface area contributed by atoms with Crippen LogP contribution in [0.1, 0.15) is 45.1 Å². The summed E-state index contributed by atoms with van der Waals surface area (Å²) in [6, 6.07) is 14.2. The van der Waals surface area contributed by atoms with E-state index in [4.69, 9.17) is 9.15 Å². The van der Waals surface area contributed by atoms with Gasteiger partial charge in [0.2, 0.25) is 21.8 Å². The maximum absolute atomic E-state index is 13.0. The molecule has 2 heterocycles. The highest BCUT2D eigenvalue weighted by molar-refractivity contribution is 7.89. The van der Waals surface area contributed by atoms with E-state index in [9.17, 15) is 13.2 Å². The predicted molar refractivity (Wildman–Crippen MR) is 132 cm³/mol. The third kappa shape index (κ3) is 5.71. The van der Waals surface area contributed by atoms with Crippen molar-refractivity contribution in [2.45, 2.75) is 44.4 Å². The Balaban J connectivity index is 1.33. The molecule has 1 aliphatic rings. The number of aromatic nitrogens is 2. The Kier molecular flexibility index (Phi) is 7.51. The van der Waals surface area contributed by atoms with E-state index in [-0.39, 0.29) is 41.7 Å². The van der Waals surface area contributed by atoms with Crippen LogP contribution in [-0.4, -0.2) is 48.5 Å². The van der Waals surface area contributed by atoms with Gasteiger partial charge >= 0.3 is 6.01 Å². The fraction of sp³-hybridized carbons (Fsp3) is 0.400. The number of sulfonamides is 1. The van der Waals surface area contributed by atoms with Crippen LogP contribution in [0.2, 0.25) is 0 Å². The number of piperidine rings is 1. The van der Waals surface area contributed by atoms with E-state index < -0.39 is 10.0 Å². The Hall–Kier alpha value is -3.24. The number of carbonyl (C=O) groups is 1. The monoisotopic (exact) mass is 498 g/mol. The Labute approximate surface area is 205 Å². The number of rotatable bonds is 8. The molecule has 1 aromatic heterocycles. The third-order valence-electron chi connectivity index (χ3n) is 6.08. The summed E-state index contributed by atoms with van der Waals surface area (Å²) >= 11 is 0. The van der Waals surface area contributed by atoms with Gasteiger partial charge < -0.3 is 9.15 Å². The topological polar surface area (TPSA) is 115 Å². The third-order valence-corrected chi connectivity index (χ3v) is 7.99. The molecule has 1 N–H and O–H groups in total. The normalized spacial score (nSPS) is 15.3. The van der Waals surface area contributed by atoms with Crippen molar-refractivity contribution < 1.29 is 22.4 Å². The first-order chi connectivity index (χ1) is 16.8. The lowest BCUT2D eigenvalue weighted by molar-refractivity contribution is -0.121. The maximum Gasteiger partial charge on any atom is 0.322 e. The van der Waals surface area contributed by atoms with Crippen LogP contribution in [0.4, 0.5) is 6.01 Å². The molecule has 10 heteroatoms. The lowest BCUT2D eigenvalue weighted by Gasteiger charge is -2.30. The minimum absolute atomic E-state index is 0.0131. The molecular weight excluding hydrogens is 468 g/mol. The van der Waals surface area contributed by atoms with Crippen molar-refractivity contribution in [3.63, 3.8) is 0 Å². The van der Waals surface area contributed by atoms with Gasteiger partial charge in [-0.05, 0) is 67.6 Å². The summed E-state index contributed by atoms with van der Waals surface area (Å²) in [5.41, 5.74) is 1.80. The molecule has 9 nitrogen and oxygen atoms in total. The van der Waals surface area contributed by atoms with Crippen molar-refractivity contribution in [3.05, 3.63) is 54.1 Å². The molecule has 0 aliphatic carbocycles. The smallest absolute Gasteiger partial charge is 0.322 e. The summed E-state index contributed by atoms with van der Waals surface area (Å²) in [6.45, 7) is 7.16. The first-order valence-corrected chi connectivity index (χ1v) is 13.2. The minimum Gasteiger partial charge on any atom is -0.494 e. The highest BCUT2D eigenvalue weighted by Gasteiger charge is 2.32. The summed E-state index contributed by atoms with van der Waals surface area (Å²) in [5, 5.41) is 10.6. The fourth-order valence-electron chi connectivity index (χ4n) is 3.99. The van der Waals surface area contributed by atoms with Crippen molar-refractivity contribution in [3.8, 4) is 17.2 Å². The molecule has 0 radical (unpaired) electrons. The van der Waals surface area contributed by atoms with Crippen molar-refractivity contribution in [1.82, 2.24) is 14.5 Å². The average molecular weight is 499 g/mol. The van der Waals surface area contributed by atoms with Gasteiger partial charge in [0.25, 0.3) is 0 Å². The summed E-state index contributed by atoms with van der Waals surface area (Å²) in [6.07, 6.45) is 0.823. The van der Waals surface area contributed by atoms with E-state index in [0.29, 0.717) is 30.9 Å². The zero-order valence-electron chi connectivity index (χ0n) is 20.1. The summed E-state index contributed by atoms with van der Waals surface area (Å²) in [5.74, 6) is 0.755. The number of amides is 1. The summed E-state index contributed by atoms with van der Waals surface area (Å²) in [4.78, 5) is 13.0. The number of anilines is 1. The number of nitrogens with one attached hydrogen (secondary N) is 1. The van der Waals surface area contributed by atoms with E-state index in [1.54, 1.807) is 24.3 Å². The number of hydrogen-bond donors (Lipinski definition) is 1. The second-order valence-corrected chi connectivity index (χ2v) is 10.7. The van der Waals surface area contributed by atoms with Crippen LogP contribution in [0.15, 0.2) is 57.8 Å². The van der Waals surface area contributed by atoms with Gasteiger partial charge in [0.1, 0.15) is 5.75 Å². The molecule has 4 rings (SSSR count). The van der Waals surface area contributed by atoms with Crippen LogP contribution in [0, 0.1) is 5.92 Å². The van der Waals surface area contributed by atoms with Crippen LogP contribution in [0.5, 0.6) is 5.75 Å². The molecule has 0 saturated carbocycles. The lowest BCUT2D eigenvalue weighted by Crippen LogP contribution is -2.41. The van der Waals surface area contributed by atoms with Gasteiger partial charge in [-0.15, -0.1) is 5.10 Å². The number of nitrogens with zero attached hydrogens (tertiary/aromatic N) is 3. The molecule has 1 aliphatic heterocycles. The first kappa shape index (κ1) is 24.9. The van der Waals surface area contributed by atoms with Gasteiger partial charge in [-0.1, -0.05) is 31.1 Å². The van der Waals surface area contributed by atoms with Gasteiger partial charge in [0.15, 0.2) is 0 Å². The zero-order chi connectivity index (χ0) is 25.0. The van der Waals surface area contributed by atoms with Gasteiger partial charge in [0.05, 0.1) is 11.5 Å². The van der Waals surface area contributed by atoms with E-state index in [2.05, 4.69) is 29.4 Å². The van der Waals surface area contributed by atoms with Crippen molar-refractivity contribution in [2.24, 2.45) is 5.92 Å². The molecule has 0 spiro atoms. The molecule has 0 atom stereocenters. The average Bonchev–Trinajstić information content (AvgIpc) is 3.33. The number of ether oxygens (including phenoxy) is 1. The number of benzene rings is 2. The van der Waals surface area contributed by atoms with Crippen LogP contribution >= 0.6 is 0 Å². The maximum atomic E-state index is 13.0. The van der Waals surface area contributed by atoms with Gasteiger partial charge in [-0.25, -0.2) is 8.42 Å². The first-order valence-electron chi connectivity index (χ1n) is 11.8. The molecule has 2 aromatic carbocycles. The van der Waals surface area contributed by atoms with Crippen LogP contribution in [0.3, 0.4) is 0 Å². The molecule has 1 fully saturated rings. The number of hydrogen-bond acceptors (Lipinski definition) is 7. The van der Waals surface area contributed by atoms with Crippen LogP contribution < -0.4 is 10.1 Å². The molecular formula is C25H30N4O5S. The Bertz CT molecular complexity index is 1250. The van der Waals surface area contributed by atoms with E-state index in [1.807, 2.05) is 31.2 Å². The largest absolute Gasteiger partial charge is 0.494 e. The quantitative estimate of drug-likeness (QED) is 0.492. The Morgan fingerprint density at radius 2 is 1.74 bits per heavy atom. The van der Waals surface area contributed by atoms with Crippen molar-refractivity contribution in [2.75, 3.05) is 25.0 Å². The standard InChI is InChI=1S/C25H30N4O5S/c1-4-33-21-9-5-20(6-10-21)24-27-28-25(34-24)26-23(30)19-13-15-29(16-14-19)35(31,32)22-11-7-18(8-12-22)17(2)3/h5-12,17,19H,4,13-16H2,1-3H3,(H,26,28,30). The van der Waals surface area contributed by atoms with E-state index in [0.717, 1.165) is 11.3 Å². The van der Waals surface area contributed by atoms with Crippen molar-refractivity contribution >= 4 is 21.9 Å². The second kappa shape index (κ2) is 10.6. The SMILES string of the molecule is CCOc1ccc(-c2nnc(NC(=O)C3CCN(S(=O)(=O)c4ccc(C(C)C)cc4)CC3)o2)cc1. The fourth-order valence-corrected chi connectivity index (χ4v) is 5.46. The second-order valence-electron chi connectivity index (χ2n) is 8.76. The Morgan fingerprint density at radius 1 is 1.09 bits per heavy atom. The zero-order valence-corrected chi connectivity index (χ0v) is 20.9. The molecule has 35 heavy (non-hydrogen) atoms. The highest BCUT2D eigenvalue weighted by atomic mass is 32.2. The predicted octanol–water partition coefficient (Wildman–Crippen LogP) is 4.30. The highest BCUT2D eigenvalue weighted by Crippen LogP contribution is 2.27. The van der Waals surface area contributed by atoms with Gasteiger partial charge in [-0.3, -0.25) is 10.1 Å². The van der Waals surface area contributed by atoms with Crippen LogP contribution in [-0.2, 0) is 14.8 Å². The van der Waals surface area contributed by atoms with Crippen molar-refractivity contribution in [1.29, 1.82) is 0 Å². The molecule has 3 aromatic rings. The molecule has 1 amide bonds. The summed E-state index contributed by atoms with van der Waals surface area (Å²) < 4.78 is 38.5. The van der Waals surface area contributed by atoms with Crippen LogP contribution in [0.25, 0.3) is 11.5 Å². The Morgan fingerprint density at radius 3 is 2.34 bits per heavy atom. The molecule has 0 unspecified atom stereocenters. The lowest BCUT2D eigenvalue weighted by atomic mass is 9.97.